The summed E-state index contributed by atoms with van der Waals surface area (Å²) in [7, 11) is 2.89. The minimum Gasteiger partial charge on any atom is -0.479 e. The van der Waals surface area contributed by atoms with Gasteiger partial charge in [0.25, 0.3) is 0 Å². The lowest BCUT2D eigenvalue weighted by Gasteiger charge is -2.42. The van der Waals surface area contributed by atoms with E-state index in [0.29, 0.717) is 26.4 Å². The number of nitrogens with one attached hydrogen (secondary N) is 5. The van der Waals surface area contributed by atoms with E-state index in [1.165, 1.54) is 41.8 Å². The molecule has 0 radical (unpaired) electrons. The van der Waals surface area contributed by atoms with Crippen molar-refractivity contribution < 1.29 is 124 Å². The molecule has 0 unspecified atom stereocenters. The second-order valence-corrected chi connectivity index (χ2v) is 26.2. The summed E-state index contributed by atoms with van der Waals surface area (Å²) in [5, 5.41) is 34.0. The lowest BCUT2D eigenvalue weighted by Crippen LogP contribution is -2.64. The van der Waals surface area contributed by atoms with Gasteiger partial charge in [-0.05, 0) is 81.4 Å². The van der Waals surface area contributed by atoms with Crippen LogP contribution in [0, 0.1) is 18.3 Å². The molecule has 0 saturated carbocycles. The molecule has 0 aromatic rings. The highest BCUT2D eigenvalue weighted by molar-refractivity contribution is 5.85. The van der Waals surface area contributed by atoms with Crippen LogP contribution in [0.15, 0.2) is 48.5 Å². The Morgan fingerprint density at radius 3 is 1.41 bits per heavy atom. The zero-order chi connectivity index (χ0) is 73.8. The van der Waals surface area contributed by atoms with Crippen molar-refractivity contribution in [1.29, 1.82) is 0 Å². The minimum atomic E-state index is -1.50. The Kier molecular flexibility index (Phi) is 33.7. The summed E-state index contributed by atoms with van der Waals surface area (Å²) in [5.74, 6) is -5.51. The molecule has 4 rings (SSSR count). The Labute approximate surface area is 578 Å². The molecule has 99 heavy (non-hydrogen) atoms. The van der Waals surface area contributed by atoms with Crippen molar-refractivity contribution in [2.45, 2.75) is 167 Å². The molecule has 560 valence electrons. The maximum absolute atomic E-state index is 14.1. The van der Waals surface area contributed by atoms with Crippen LogP contribution in [0.25, 0.3) is 0 Å². The number of carbonyl (C=O) groups is 8. The van der Waals surface area contributed by atoms with Gasteiger partial charge in [-0.2, -0.15) is 0 Å². The molecule has 4 aliphatic heterocycles. The summed E-state index contributed by atoms with van der Waals surface area (Å²) in [6, 6.07) is -3.16. The summed E-state index contributed by atoms with van der Waals surface area (Å²) in [5.41, 5.74) is -1.69. The molecule has 2 saturated heterocycles. The standard InChI is InChI=1S/C65H104N8O26/c1-18-24-84-30-32-88-34-35-89-33-31-85-25-19-50(75)73(22-28-86-26-20-71(16)60(82)94-53(48-38-90-64(12,13)96-48)52-40(2)44(36-46(92-52)56(76)77)66-41(3)68-58(80)98-62(6,7)8)23-29-87-27-21-72(17)61(83)95-54(49-39-91-65(14,15)97-49)55-51(70-43(5)74)45(37-47(93-55)57(78)79)67-42(4)69-59(81)99-63(9,10)11/h1,36-37,40,44-45,48-49,51-55,66-67H,3-4,19-35,38-39H2,2,5-17H3,(H,68,80)(H,69,81)(H,70,74)(H,76,77)(H,78,79)/t40-,44+,45+,48-,49-,51-,52-,53-,54-,55-/m1/s1. The molecular weight excluding hydrogens is 1310 g/mol. The van der Waals surface area contributed by atoms with Crippen LogP contribution in [0.5, 0.6) is 0 Å². The fraction of sp³-hybridized carbons (Fsp3) is 0.723. The van der Waals surface area contributed by atoms with Gasteiger partial charge in [-0.1, -0.05) is 26.0 Å². The molecule has 0 bridgehead atoms. The van der Waals surface area contributed by atoms with E-state index in [2.05, 4.69) is 45.7 Å². The van der Waals surface area contributed by atoms with Gasteiger partial charge >= 0.3 is 36.3 Å². The van der Waals surface area contributed by atoms with Gasteiger partial charge in [0, 0.05) is 53.1 Å². The first-order valence-electron chi connectivity index (χ1n) is 32.4. The van der Waals surface area contributed by atoms with E-state index < -0.39 is 137 Å². The van der Waals surface area contributed by atoms with Crippen LogP contribution >= 0.6 is 0 Å². The largest absolute Gasteiger partial charge is 0.479 e. The number of likely N-dealkylation sites (N-methyl/N-ethyl adjacent to an activating group) is 2. The van der Waals surface area contributed by atoms with E-state index in [1.807, 2.05) is 0 Å². The third-order valence-electron chi connectivity index (χ3n) is 14.6. The number of ether oxygens (including phenoxy) is 16. The van der Waals surface area contributed by atoms with Crippen molar-refractivity contribution in [3.05, 3.63) is 48.5 Å². The highest BCUT2D eigenvalue weighted by atomic mass is 16.8. The van der Waals surface area contributed by atoms with E-state index in [1.54, 1.807) is 76.2 Å². The number of hydrogen-bond acceptors (Lipinski definition) is 26. The Morgan fingerprint density at radius 2 is 1.00 bits per heavy atom. The monoisotopic (exact) mass is 1410 g/mol. The maximum atomic E-state index is 14.1. The number of carboxylic acids is 2. The molecule has 2 fully saturated rings. The third-order valence-corrected chi connectivity index (χ3v) is 14.6. The van der Waals surface area contributed by atoms with Crippen molar-refractivity contribution in [3.8, 4) is 12.3 Å². The van der Waals surface area contributed by atoms with Gasteiger partial charge in [-0.25, -0.2) is 28.8 Å². The summed E-state index contributed by atoms with van der Waals surface area (Å²) in [4.78, 5) is 109. The second kappa shape index (κ2) is 39.9. The van der Waals surface area contributed by atoms with Crippen molar-refractivity contribution in [2.24, 2.45) is 5.92 Å². The highest BCUT2D eigenvalue weighted by Crippen LogP contribution is 2.36. The molecule has 6 amide bonds. The summed E-state index contributed by atoms with van der Waals surface area (Å²) in [6.07, 6.45) is -3.08. The Hall–Kier alpha value is -7.72. The average Bonchev–Trinajstić information content (AvgIpc) is 1.78. The molecule has 0 aromatic carbocycles. The number of carboxylic acid groups (broad SMARTS) is 2. The molecule has 10 atom stereocenters. The SMILES string of the molecule is C#CCOCCOCCOCCOCCC(=O)N(CCOCCN(C)C(=O)O[C@@H]([C@@H]1OC(C(=O)O)=C[C@H](NC(=C)NC(=O)OC(C)(C)C)[C@H]1C)[C@H]1COC(C)(C)O1)CCOCCN(C)C(=O)O[C@@H]([C@@H]1OC(C(=O)O)=C[C@H](NC(=C)NC(=O)OC(C)(C)C)[C@H]1NC(C)=O)[C@H]1COC(C)(C)O1. The lowest BCUT2D eigenvalue weighted by atomic mass is 9.87. The zero-order valence-electron chi connectivity index (χ0n) is 59.4. The van der Waals surface area contributed by atoms with Crippen LogP contribution in [0.3, 0.4) is 0 Å². The zero-order valence-corrected chi connectivity index (χ0v) is 59.4. The van der Waals surface area contributed by atoms with Gasteiger partial charge in [0.05, 0.1) is 110 Å². The summed E-state index contributed by atoms with van der Waals surface area (Å²) in [6.45, 7) is 29.0. The first-order valence-corrected chi connectivity index (χ1v) is 32.4. The summed E-state index contributed by atoms with van der Waals surface area (Å²) < 4.78 is 92.6. The predicted molar refractivity (Wildman–Crippen MR) is 349 cm³/mol. The van der Waals surface area contributed by atoms with Crippen LogP contribution in [0.4, 0.5) is 19.2 Å². The fourth-order valence-electron chi connectivity index (χ4n) is 9.95. The fourth-order valence-corrected chi connectivity index (χ4v) is 9.95. The van der Waals surface area contributed by atoms with Crippen LogP contribution in [0.2, 0.25) is 0 Å². The number of amides is 6. The molecule has 34 nitrogen and oxygen atoms in total. The van der Waals surface area contributed by atoms with Crippen molar-refractivity contribution in [3.63, 3.8) is 0 Å². The van der Waals surface area contributed by atoms with Crippen LogP contribution in [-0.2, 0) is 95.0 Å². The van der Waals surface area contributed by atoms with E-state index in [9.17, 15) is 48.6 Å². The maximum Gasteiger partial charge on any atom is 0.413 e. The average molecular weight is 1410 g/mol. The molecular formula is C65H104N8O26. The van der Waals surface area contributed by atoms with Crippen molar-refractivity contribution in [2.75, 3.05) is 133 Å². The Balaban J connectivity index is 1.41. The molecule has 4 aliphatic rings. The number of terminal acetylenes is 1. The first kappa shape index (κ1) is 83.7. The molecule has 34 heteroatoms. The van der Waals surface area contributed by atoms with E-state index in [4.69, 9.17) is 82.2 Å². The molecule has 7 N–H and O–H groups in total. The van der Waals surface area contributed by atoms with E-state index in [-0.39, 0.29) is 116 Å². The van der Waals surface area contributed by atoms with Gasteiger partial charge in [-0.3, -0.25) is 20.2 Å². The van der Waals surface area contributed by atoms with E-state index in [0.717, 1.165) is 6.08 Å². The topological polar surface area (TPSA) is 395 Å². The number of nitrogens with zero attached hydrogens (tertiary/aromatic N) is 3. The molecule has 0 aromatic heterocycles. The normalized spacial score (nSPS) is 22.2. The molecule has 0 aliphatic carbocycles. The second-order valence-electron chi connectivity index (χ2n) is 26.2. The smallest absolute Gasteiger partial charge is 0.413 e. The van der Waals surface area contributed by atoms with Crippen LogP contribution in [0.1, 0.15) is 89.5 Å². The number of carbonyl (C=O) groups excluding carboxylic acids is 6. The van der Waals surface area contributed by atoms with E-state index >= 15 is 0 Å². The number of aliphatic carboxylic acids is 2. The minimum absolute atomic E-state index is 0.00103. The van der Waals surface area contributed by atoms with Gasteiger partial charge in [0.1, 0.15) is 47.8 Å². The van der Waals surface area contributed by atoms with Crippen LogP contribution < -0.4 is 26.6 Å². The number of alkyl carbamates (subject to hydrolysis) is 2. The molecule has 4 heterocycles. The first-order chi connectivity index (χ1) is 46.4. The van der Waals surface area contributed by atoms with Crippen molar-refractivity contribution >= 4 is 48.1 Å². The number of hydrogen-bond donors (Lipinski definition) is 7. The van der Waals surface area contributed by atoms with Gasteiger partial charge in [-0.15, -0.1) is 6.42 Å². The quantitative estimate of drug-likeness (QED) is 0.0263. The van der Waals surface area contributed by atoms with Gasteiger partial charge < -0.3 is 117 Å². The Morgan fingerprint density at radius 1 is 0.606 bits per heavy atom. The predicted octanol–water partition coefficient (Wildman–Crippen LogP) is 2.90. The molecule has 0 spiro atoms. The Bertz CT molecular complexity index is 2820. The third kappa shape index (κ3) is 30.7. The van der Waals surface area contributed by atoms with Gasteiger partial charge in [0.2, 0.25) is 23.3 Å². The number of rotatable bonds is 40. The van der Waals surface area contributed by atoms with Crippen LogP contribution in [-0.4, -0.2) is 283 Å². The highest BCUT2D eigenvalue weighted by Gasteiger charge is 2.52. The lowest BCUT2D eigenvalue weighted by molar-refractivity contribution is -0.172. The summed E-state index contributed by atoms with van der Waals surface area (Å²) >= 11 is 0. The van der Waals surface area contributed by atoms with Crippen molar-refractivity contribution in [1.82, 2.24) is 41.3 Å². The van der Waals surface area contributed by atoms with Gasteiger partial charge in [0.15, 0.2) is 29.9 Å².